The van der Waals surface area contributed by atoms with Crippen molar-refractivity contribution in [1.82, 2.24) is 9.78 Å². The number of nitro groups is 1. The highest BCUT2D eigenvalue weighted by atomic mass is 16.6. The molecule has 1 aromatic rings. The fourth-order valence-corrected chi connectivity index (χ4v) is 1.71. The van der Waals surface area contributed by atoms with Crippen molar-refractivity contribution in [1.29, 1.82) is 0 Å². The second kappa shape index (κ2) is 2.56. The topological polar surface area (TPSA) is 61.0 Å². The number of nitrogens with zero attached hydrogens (tertiary/aromatic N) is 3. The van der Waals surface area contributed by atoms with Crippen LogP contribution in [0.5, 0.6) is 0 Å². The van der Waals surface area contributed by atoms with Crippen LogP contribution in [0.2, 0.25) is 0 Å². The molecule has 2 saturated carbocycles. The molecule has 0 aromatic carbocycles. The molecule has 2 aliphatic rings. The molecular formula is C9H11N3O2. The van der Waals surface area contributed by atoms with Gasteiger partial charge in [0.05, 0.1) is 11.0 Å². The van der Waals surface area contributed by atoms with E-state index < -0.39 is 0 Å². The molecule has 0 saturated heterocycles. The summed E-state index contributed by atoms with van der Waals surface area (Å²) in [6.07, 6.45) is 5.95. The van der Waals surface area contributed by atoms with Crippen LogP contribution in [0.3, 0.4) is 0 Å². The largest absolute Gasteiger partial charge is 0.310 e. The molecule has 5 heteroatoms. The van der Waals surface area contributed by atoms with Crippen LogP contribution >= 0.6 is 0 Å². The average molecular weight is 193 g/mol. The molecular weight excluding hydrogens is 182 g/mol. The third-order valence-electron chi connectivity index (χ3n) is 2.82. The summed E-state index contributed by atoms with van der Waals surface area (Å²) in [6, 6.07) is 0.432. The molecule has 2 aliphatic carbocycles. The Balaban J connectivity index is 2.01. The molecule has 5 nitrogen and oxygen atoms in total. The molecule has 74 valence electrons. The van der Waals surface area contributed by atoms with Crippen molar-refractivity contribution in [2.24, 2.45) is 0 Å². The van der Waals surface area contributed by atoms with Gasteiger partial charge in [-0.1, -0.05) is 0 Å². The molecule has 0 radical (unpaired) electrons. The minimum atomic E-state index is -0.306. The van der Waals surface area contributed by atoms with E-state index in [1.54, 1.807) is 10.9 Å². The lowest BCUT2D eigenvalue weighted by Gasteiger charge is -1.92. The lowest BCUT2D eigenvalue weighted by atomic mass is 10.3. The Morgan fingerprint density at radius 1 is 1.43 bits per heavy atom. The third kappa shape index (κ3) is 1.20. The van der Waals surface area contributed by atoms with Crippen LogP contribution in [0.4, 0.5) is 5.69 Å². The van der Waals surface area contributed by atoms with Gasteiger partial charge >= 0.3 is 5.69 Å². The number of rotatable bonds is 3. The smallest absolute Gasteiger partial charge is 0.262 e. The molecule has 0 bridgehead atoms. The van der Waals surface area contributed by atoms with E-state index in [2.05, 4.69) is 5.10 Å². The summed E-state index contributed by atoms with van der Waals surface area (Å²) in [4.78, 5) is 10.5. The summed E-state index contributed by atoms with van der Waals surface area (Å²) in [5, 5.41) is 15.1. The first-order valence-corrected chi connectivity index (χ1v) is 4.99. The van der Waals surface area contributed by atoms with Crippen LogP contribution in [0.15, 0.2) is 6.20 Å². The summed E-state index contributed by atoms with van der Waals surface area (Å²) in [7, 11) is 0. The van der Waals surface area contributed by atoms with Gasteiger partial charge in [-0.15, -0.1) is 0 Å². The normalized spacial score (nSPS) is 21.1. The van der Waals surface area contributed by atoms with Crippen molar-refractivity contribution < 1.29 is 4.92 Å². The van der Waals surface area contributed by atoms with Gasteiger partial charge in [0.15, 0.2) is 0 Å². The Hall–Kier alpha value is -1.39. The van der Waals surface area contributed by atoms with Crippen LogP contribution in [0.1, 0.15) is 43.3 Å². The first-order chi connectivity index (χ1) is 6.75. The van der Waals surface area contributed by atoms with Crippen molar-refractivity contribution >= 4 is 5.69 Å². The average Bonchev–Trinajstić information content (AvgIpc) is 3.03. The summed E-state index contributed by atoms with van der Waals surface area (Å²) in [5.41, 5.74) is 0.932. The lowest BCUT2D eigenvalue weighted by Crippen LogP contribution is -1.94. The van der Waals surface area contributed by atoms with Crippen molar-refractivity contribution in [3.8, 4) is 0 Å². The van der Waals surface area contributed by atoms with Crippen molar-refractivity contribution in [2.75, 3.05) is 0 Å². The fraction of sp³-hybridized carbons (Fsp3) is 0.667. The fourth-order valence-electron chi connectivity index (χ4n) is 1.71. The summed E-state index contributed by atoms with van der Waals surface area (Å²) < 4.78 is 1.78. The van der Waals surface area contributed by atoms with Crippen LogP contribution in [-0.2, 0) is 0 Å². The van der Waals surface area contributed by atoms with Gasteiger partial charge in [0.1, 0.15) is 11.9 Å². The molecule has 0 amide bonds. The highest BCUT2D eigenvalue weighted by Gasteiger charge is 2.36. The van der Waals surface area contributed by atoms with E-state index in [1.807, 2.05) is 0 Å². The molecule has 0 unspecified atom stereocenters. The summed E-state index contributed by atoms with van der Waals surface area (Å²) in [6.45, 7) is 0. The molecule has 14 heavy (non-hydrogen) atoms. The van der Waals surface area contributed by atoms with E-state index in [-0.39, 0.29) is 10.6 Å². The van der Waals surface area contributed by atoms with Crippen LogP contribution in [0.25, 0.3) is 0 Å². The number of hydrogen-bond donors (Lipinski definition) is 0. The quantitative estimate of drug-likeness (QED) is 0.544. The van der Waals surface area contributed by atoms with Gasteiger partial charge in [-0.05, 0) is 25.7 Å². The molecule has 1 aromatic heterocycles. The first kappa shape index (κ1) is 7.96. The van der Waals surface area contributed by atoms with Gasteiger partial charge in [-0.2, -0.15) is 5.10 Å². The molecule has 1 heterocycles. The maximum Gasteiger partial charge on any atom is 0.310 e. The first-order valence-electron chi connectivity index (χ1n) is 4.99. The van der Waals surface area contributed by atoms with Gasteiger partial charge < -0.3 is 0 Å². The Bertz CT molecular complexity index is 391. The van der Waals surface area contributed by atoms with Crippen LogP contribution < -0.4 is 0 Å². The van der Waals surface area contributed by atoms with Gasteiger partial charge in [-0.3, -0.25) is 14.8 Å². The Morgan fingerprint density at radius 3 is 2.64 bits per heavy atom. The lowest BCUT2D eigenvalue weighted by molar-refractivity contribution is -0.385. The molecule has 0 spiro atoms. The minimum Gasteiger partial charge on any atom is -0.262 e. The van der Waals surface area contributed by atoms with Gasteiger partial charge in [-0.25, -0.2) is 0 Å². The molecule has 0 atom stereocenters. The second-order valence-corrected chi connectivity index (χ2v) is 4.14. The van der Waals surface area contributed by atoms with Crippen molar-refractivity contribution in [3.63, 3.8) is 0 Å². The zero-order valence-electron chi connectivity index (χ0n) is 7.72. The predicted octanol–water partition coefficient (Wildman–Crippen LogP) is 2.00. The Morgan fingerprint density at radius 2 is 2.14 bits per heavy atom. The molecule has 0 N–H and O–H groups in total. The zero-order valence-corrected chi connectivity index (χ0v) is 7.72. The maximum atomic E-state index is 10.8. The molecule has 2 fully saturated rings. The predicted molar refractivity (Wildman–Crippen MR) is 49.1 cm³/mol. The maximum absolute atomic E-state index is 10.8. The van der Waals surface area contributed by atoms with E-state index in [4.69, 9.17) is 0 Å². The van der Waals surface area contributed by atoms with Crippen LogP contribution in [-0.4, -0.2) is 14.7 Å². The van der Waals surface area contributed by atoms with Gasteiger partial charge in [0.2, 0.25) is 0 Å². The Kier molecular flexibility index (Phi) is 1.45. The number of hydrogen-bond acceptors (Lipinski definition) is 3. The van der Waals surface area contributed by atoms with Crippen molar-refractivity contribution in [2.45, 2.75) is 37.6 Å². The van der Waals surface area contributed by atoms with E-state index in [0.29, 0.717) is 17.7 Å². The summed E-state index contributed by atoms with van der Waals surface area (Å²) >= 11 is 0. The van der Waals surface area contributed by atoms with Crippen molar-refractivity contribution in [3.05, 3.63) is 22.0 Å². The third-order valence-corrected chi connectivity index (χ3v) is 2.82. The molecule has 3 rings (SSSR count). The highest BCUT2D eigenvalue weighted by Crippen LogP contribution is 2.45. The summed E-state index contributed by atoms with van der Waals surface area (Å²) in [5.74, 6) is 0.357. The van der Waals surface area contributed by atoms with Gasteiger partial charge in [0.25, 0.3) is 0 Å². The SMILES string of the molecule is O=[N+]([O-])c1cn(C2CC2)nc1C1CC1. The van der Waals surface area contributed by atoms with Crippen LogP contribution in [0, 0.1) is 10.1 Å². The van der Waals surface area contributed by atoms with E-state index in [1.165, 1.54) is 0 Å². The van der Waals surface area contributed by atoms with E-state index in [0.717, 1.165) is 25.7 Å². The molecule has 0 aliphatic heterocycles. The monoisotopic (exact) mass is 193 g/mol. The Labute approximate surface area is 80.9 Å². The minimum absolute atomic E-state index is 0.222. The second-order valence-electron chi connectivity index (χ2n) is 4.14. The number of aromatic nitrogens is 2. The van der Waals surface area contributed by atoms with E-state index >= 15 is 0 Å². The standard InChI is InChI=1S/C9H11N3O2/c13-12(14)8-5-11(7-3-4-7)10-9(8)6-1-2-6/h5-7H,1-4H2. The zero-order chi connectivity index (χ0) is 9.71. The van der Waals surface area contributed by atoms with E-state index in [9.17, 15) is 10.1 Å². The van der Waals surface area contributed by atoms with Gasteiger partial charge in [0, 0.05) is 5.92 Å². The highest BCUT2D eigenvalue weighted by molar-refractivity contribution is 5.38.